The molecular formula is C18H12BrCl2N5O6. The predicted octanol–water partition coefficient (Wildman–Crippen LogP) is 5.02. The lowest BCUT2D eigenvalue weighted by atomic mass is 10.3. The Hall–Kier alpha value is -3.40. The van der Waals surface area contributed by atoms with Crippen molar-refractivity contribution in [3.63, 3.8) is 0 Å². The van der Waals surface area contributed by atoms with E-state index in [9.17, 15) is 19.7 Å². The summed E-state index contributed by atoms with van der Waals surface area (Å²) in [5.74, 6) is -0.782. The van der Waals surface area contributed by atoms with Crippen LogP contribution in [0.1, 0.15) is 6.92 Å². The Balaban J connectivity index is 2.18. The monoisotopic (exact) mass is 543 g/mol. The van der Waals surface area contributed by atoms with E-state index in [4.69, 9.17) is 33.2 Å². The number of rotatable bonds is 7. The van der Waals surface area contributed by atoms with Crippen LogP contribution in [-0.4, -0.2) is 29.2 Å². The Morgan fingerprint density at radius 3 is 2.47 bits per heavy atom. The number of nitro benzene ring substituents is 1. The number of nitrogens with zero attached hydrogens (tertiary/aromatic N) is 3. The van der Waals surface area contributed by atoms with Gasteiger partial charge in [-0.2, -0.15) is 10.4 Å². The van der Waals surface area contributed by atoms with Crippen molar-refractivity contribution in [3.05, 3.63) is 55.0 Å². The zero-order chi connectivity index (χ0) is 23.8. The van der Waals surface area contributed by atoms with E-state index in [1.165, 1.54) is 36.4 Å². The Bertz CT molecular complexity index is 1130. The number of nitrogens with one attached hydrogen (secondary N) is 2. The number of alkyl carbamates (subject to hydrolysis) is 1. The second-order valence-electron chi connectivity index (χ2n) is 5.60. The number of ether oxygens (including phenoxy) is 2. The van der Waals surface area contributed by atoms with E-state index in [-0.39, 0.29) is 44.0 Å². The first-order valence-electron chi connectivity index (χ1n) is 8.49. The number of benzene rings is 2. The normalized spacial score (nSPS) is 10.7. The maximum Gasteiger partial charge on any atom is 0.414 e. The largest absolute Gasteiger partial charge is 0.454 e. The maximum atomic E-state index is 11.8. The molecule has 0 radical (unpaired) electrons. The minimum atomic E-state index is -1.07. The molecule has 0 bridgehead atoms. The third kappa shape index (κ3) is 6.55. The van der Waals surface area contributed by atoms with Crippen LogP contribution in [0.2, 0.25) is 10.0 Å². The first kappa shape index (κ1) is 24.9. The van der Waals surface area contributed by atoms with Crippen molar-refractivity contribution in [2.45, 2.75) is 6.92 Å². The van der Waals surface area contributed by atoms with Gasteiger partial charge in [-0.15, -0.1) is 0 Å². The molecule has 0 aliphatic carbocycles. The molecule has 166 valence electrons. The first-order valence-corrected chi connectivity index (χ1v) is 10.0. The molecule has 32 heavy (non-hydrogen) atoms. The molecular weight excluding hydrogens is 533 g/mol. The lowest BCUT2D eigenvalue weighted by Gasteiger charge is -2.12. The van der Waals surface area contributed by atoms with Gasteiger partial charge in [0.25, 0.3) is 11.6 Å². The molecule has 2 amide bonds. The molecule has 2 N–H and O–H groups in total. The highest BCUT2D eigenvalue weighted by Crippen LogP contribution is 2.40. The average Bonchev–Trinajstić information content (AvgIpc) is 2.71. The Morgan fingerprint density at radius 2 is 1.94 bits per heavy atom. The molecule has 2 aromatic carbocycles. The lowest BCUT2D eigenvalue weighted by Crippen LogP contribution is -2.36. The highest BCUT2D eigenvalue weighted by molar-refractivity contribution is 9.10. The number of hydrogen-bond donors (Lipinski definition) is 2. The number of anilines is 1. The summed E-state index contributed by atoms with van der Waals surface area (Å²) in [4.78, 5) is 33.5. The van der Waals surface area contributed by atoms with Gasteiger partial charge in [-0.05, 0) is 41.1 Å². The van der Waals surface area contributed by atoms with Gasteiger partial charge in [0, 0.05) is 12.1 Å². The number of halogens is 3. The Morgan fingerprint density at radius 1 is 1.28 bits per heavy atom. The summed E-state index contributed by atoms with van der Waals surface area (Å²) >= 11 is 15.5. The molecule has 2 aromatic rings. The molecule has 0 aliphatic rings. The highest BCUT2D eigenvalue weighted by Gasteiger charge is 2.17. The third-order valence-corrected chi connectivity index (χ3v) is 4.64. The molecule has 14 heteroatoms. The van der Waals surface area contributed by atoms with Crippen molar-refractivity contribution in [2.75, 3.05) is 12.0 Å². The van der Waals surface area contributed by atoms with E-state index in [0.717, 1.165) is 0 Å². The van der Waals surface area contributed by atoms with Crippen molar-refractivity contribution in [3.8, 4) is 17.6 Å². The molecule has 0 saturated heterocycles. The van der Waals surface area contributed by atoms with E-state index in [2.05, 4.69) is 31.2 Å². The van der Waals surface area contributed by atoms with Crippen LogP contribution in [0.3, 0.4) is 0 Å². The van der Waals surface area contributed by atoms with Gasteiger partial charge in [-0.25, -0.2) is 4.79 Å². The minimum absolute atomic E-state index is 0.0403. The topological polar surface area (TPSA) is 156 Å². The SMILES string of the molecule is CCOC(=O)NC(=O)/C(C#N)=N/Nc1cc(Cl)c(Oc2ccc([N+](=O)[O-])c(Br)c2)c(Cl)c1. The third-order valence-electron chi connectivity index (χ3n) is 3.44. The molecule has 0 spiro atoms. The number of nitriles is 1. The van der Waals surface area contributed by atoms with E-state index in [1.807, 2.05) is 5.32 Å². The summed E-state index contributed by atoms with van der Waals surface area (Å²) in [6.07, 6.45) is -1.02. The van der Waals surface area contributed by atoms with E-state index in [1.54, 1.807) is 6.92 Å². The van der Waals surface area contributed by atoms with Gasteiger partial charge in [0.1, 0.15) is 11.8 Å². The smallest absolute Gasteiger partial charge is 0.414 e. The molecule has 0 heterocycles. The van der Waals surface area contributed by atoms with Crippen LogP contribution in [0.5, 0.6) is 11.5 Å². The standard InChI is InChI=1S/C18H12BrCl2N5O6/c1-2-31-18(28)23-17(27)14(8-22)25-24-9-5-12(20)16(13(21)6-9)32-10-3-4-15(26(29)30)11(19)7-10/h3-7,24H,2H2,1H3,(H,23,27,28)/b25-14+. The second kappa shape index (κ2) is 11.3. The molecule has 11 nitrogen and oxygen atoms in total. The zero-order valence-electron chi connectivity index (χ0n) is 16.0. The van der Waals surface area contributed by atoms with E-state index >= 15 is 0 Å². The molecule has 0 saturated carbocycles. The average molecular weight is 545 g/mol. The maximum absolute atomic E-state index is 11.8. The highest BCUT2D eigenvalue weighted by atomic mass is 79.9. The number of hydrazone groups is 1. The molecule has 0 aliphatic heterocycles. The van der Waals surface area contributed by atoms with Crippen LogP contribution in [0.4, 0.5) is 16.2 Å². The Kier molecular flexibility index (Phi) is 8.77. The fraction of sp³-hybridized carbons (Fsp3) is 0.111. The van der Waals surface area contributed by atoms with E-state index in [0.29, 0.717) is 0 Å². The van der Waals surface area contributed by atoms with Crippen LogP contribution in [-0.2, 0) is 9.53 Å². The number of imide groups is 1. The van der Waals surface area contributed by atoms with E-state index < -0.39 is 22.6 Å². The molecule has 0 fully saturated rings. The van der Waals surface area contributed by atoms with Crippen LogP contribution in [0.15, 0.2) is 39.9 Å². The van der Waals surface area contributed by atoms with Gasteiger partial charge >= 0.3 is 6.09 Å². The first-order chi connectivity index (χ1) is 15.2. The molecule has 0 unspecified atom stereocenters. The van der Waals surface area contributed by atoms with Gasteiger partial charge in [-0.3, -0.25) is 25.7 Å². The van der Waals surface area contributed by atoms with Crippen molar-refractivity contribution in [1.29, 1.82) is 5.26 Å². The fourth-order valence-corrected chi connectivity index (χ4v) is 3.17. The van der Waals surface area contributed by atoms with Gasteiger partial charge in [0.2, 0.25) is 5.71 Å². The number of carbonyl (C=O) groups is 2. The summed E-state index contributed by atoms with van der Waals surface area (Å²) in [6.45, 7) is 1.59. The quantitative estimate of drug-likeness (QED) is 0.279. The summed E-state index contributed by atoms with van der Waals surface area (Å²) in [6, 6.07) is 8.23. The number of amides is 2. The van der Waals surface area contributed by atoms with Gasteiger partial charge in [0.15, 0.2) is 5.75 Å². The fourth-order valence-electron chi connectivity index (χ4n) is 2.11. The number of carbonyl (C=O) groups excluding carboxylic acids is 2. The van der Waals surface area contributed by atoms with Crippen molar-refractivity contribution >= 4 is 68.2 Å². The summed E-state index contributed by atoms with van der Waals surface area (Å²) in [7, 11) is 0. The molecule has 0 atom stereocenters. The minimum Gasteiger partial charge on any atom is -0.454 e. The van der Waals surface area contributed by atoms with Crippen molar-refractivity contribution in [1.82, 2.24) is 5.32 Å². The molecule has 0 aromatic heterocycles. The van der Waals surface area contributed by atoms with Gasteiger partial charge < -0.3 is 9.47 Å². The lowest BCUT2D eigenvalue weighted by molar-refractivity contribution is -0.385. The van der Waals surface area contributed by atoms with Gasteiger partial charge in [0.05, 0.1) is 31.7 Å². The Labute approximate surface area is 199 Å². The zero-order valence-corrected chi connectivity index (χ0v) is 19.1. The number of hydrogen-bond acceptors (Lipinski definition) is 9. The number of nitro groups is 1. The van der Waals surface area contributed by atoms with Crippen LogP contribution < -0.4 is 15.5 Å². The van der Waals surface area contributed by atoms with Crippen LogP contribution in [0.25, 0.3) is 0 Å². The summed E-state index contributed by atoms with van der Waals surface area (Å²) in [5, 5.41) is 25.5. The summed E-state index contributed by atoms with van der Waals surface area (Å²) < 4.78 is 10.4. The van der Waals surface area contributed by atoms with Crippen molar-refractivity contribution < 1.29 is 24.0 Å². The van der Waals surface area contributed by atoms with Crippen molar-refractivity contribution in [2.24, 2.45) is 5.10 Å². The van der Waals surface area contributed by atoms with Gasteiger partial charge in [-0.1, -0.05) is 23.2 Å². The summed E-state index contributed by atoms with van der Waals surface area (Å²) in [5.41, 5.74) is 1.83. The van der Waals surface area contributed by atoms with Crippen LogP contribution in [0, 0.1) is 21.4 Å². The molecule has 2 rings (SSSR count). The van der Waals surface area contributed by atoms with Crippen LogP contribution >= 0.6 is 39.1 Å². The second-order valence-corrected chi connectivity index (χ2v) is 7.27. The predicted molar refractivity (Wildman–Crippen MR) is 119 cm³/mol.